The third-order valence-electron chi connectivity index (χ3n) is 7.23. The minimum atomic E-state index is -0.466. The maximum Gasteiger partial charge on any atom is 0.319 e. The zero-order valence-electron chi connectivity index (χ0n) is 19.6. The Morgan fingerprint density at radius 2 is 1.79 bits per heavy atom. The molecule has 0 spiro atoms. The van der Waals surface area contributed by atoms with Gasteiger partial charge in [0.1, 0.15) is 0 Å². The van der Waals surface area contributed by atoms with E-state index >= 15 is 0 Å². The maximum absolute atomic E-state index is 13.6. The number of halogens is 1. The molecule has 2 fully saturated rings. The zero-order valence-corrected chi connectivity index (χ0v) is 19.6. The molecule has 7 nitrogen and oxygen atoms in total. The van der Waals surface area contributed by atoms with Crippen molar-refractivity contribution in [3.63, 3.8) is 0 Å². The molecule has 2 aliphatic rings. The van der Waals surface area contributed by atoms with Gasteiger partial charge in [-0.3, -0.25) is 0 Å². The van der Waals surface area contributed by atoms with Gasteiger partial charge >= 0.3 is 6.03 Å². The van der Waals surface area contributed by atoms with Crippen LogP contribution in [0.5, 0.6) is 17.2 Å². The average Bonchev–Trinajstić information content (AvgIpc) is 3.16. The van der Waals surface area contributed by atoms with E-state index in [1.807, 2.05) is 6.07 Å². The Kier molecular flexibility index (Phi) is 6.65. The highest BCUT2D eigenvalue weighted by molar-refractivity contribution is 5.89. The Morgan fingerprint density at radius 1 is 1.03 bits per heavy atom. The van der Waals surface area contributed by atoms with Crippen molar-refractivity contribution >= 4 is 11.7 Å². The summed E-state index contributed by atoms with van der Waals surface area (Å²) in [7, 11) is 6.85. The van der Waals surface area contributed by atoms with Gasteiger partial charge in [0.25, 0.3) is 0 Å². The molecule has 178 valence electrons. The lowest BCUT2D eigenvalue weighted by atomic mass is 9.65. The van der Waals surface area contributed by atoms with Crippen LogP contribution >= 0.6 is 0 Å². The lowest BCUT2D eigenvalue weighted by Gasteiger charge is -2.45. The monoisotopic (exact) mass is 457 g/mol. The molecule has 2 amide bonds. The van der Waals surface area contributed by atoms with Crippen LogP contribution in [0.25, 0.3) is 0 Å². The van der Waals surface area contributed by atoms with Crippen LogP contribution in [0.1, 0.15) is 31.2 Å². The number of nitrogens with one attached hydrogen (secondary N) is 2. The van der Waals surface area contributed by atoms with Crippen molar-refractivity contribution < 1.29 is 23.4 Å². The fourth-order valence-corrected chi connectivity index (χ4v) is 5.48. The number of hydrogen-bond acceptors (Lipinski definition) is 5. The minimum absolute atomic E-state index is 0.0211. The van der Waals surface area contributed by atoms with Crippen LogP contribution < -0.4 is 24.8 Å². The normalized spacial score (nSPS) is 24.6. The Labute approximate surface area is 194 Å². The number of nitrogens with zero attached hydrogens (tertiary/aromatic N) is 1. The van der Waals surface area contributed by atoms with Crippen molar-refractivity contribution in [2.24, 2.45) is 0 Å². The SMILES string of the molecule is COc1cc(NC(=O)N[C@@H]2CC[C@@]3(c4ccc(OC)c(OC)c4)CCN(C)[C@H]3C2)ccc1F. The Hall–Kier alpha value is -3.00. The first-order chi connectivity index (χ1) is 15.9. The summed E-state index contributed by atoms with van der Waals surface area (Å²) in [4.78, 5) is 15.0. The van der Waals surface area contributed by atoms with Gasteiger partial charge in [-0.05, 0) is 69.1 Å². The summed E-state index contributed by atoms with van der Waals surface area (Å²) >= 11 is 0. The molecule has 1 aliphatic carbocycles. The molecule has 33 heavy (non-hydrogen) atoms. The predicted octanol–water partition coefficient (Wildman–Crippen LogP) is 4.17. The largest absolute Gasteiger partial charge is 0.494 e. The molecule has 2 aromatic rings. The molecule has 2 aromatic carbocycles. The first-order valence-corrected chi connectivity index (χ1v) is 11.2. The number of urea groups is 1. The Bertz CT molecular complexity index is 1020. The van der Waals surface area contributed by atoms with E-state index in [0.717, 1.165) is 43.7 Å². The Morgan fingerprint density at radius 3 is 2.52 bits per heavy atom. The number of likely N-dealkylation sites (N-methyl/N-ethyl adjacent to an activating group) is 1. The number of carbonyl (C=O) groups excluding carboxylic acids is 1. The second-order valence-corrected chi connectivity index (χ2v) is 8.89. The fourth-order valence-electron chi connectivity index (χ4n) is 5.48. The van der Waals surface area contributed by atoms with Gasteiger partial charge in [0, 0.05) is 29.3 Å². The number of rotatable bonds is 6. The van der Waals surface area contributed by atoms with Crippen LogP contribution in [-0.2, 0) is 5.41 Å². The fraction of sp³-hybridized carbons (Fsp3) is 0.480. The number of amides is 2. The number of ether oxygens (including phenoxy) is 3. The highest BCUT2D eigenvalue weighted by Gasteiger charge is 2.50. The lowest BCUT2D eigenvalue weighted by Crippen LogP contribution is -2.52. The van der Waals surface area contributed by atoms with E-state index in [1.54, 1.807) is 14.2 Å². The van der Waals surface area contributed by atoms with Crippen LogP contribution in [0, 0.1) is 5.82 Å². The van der Waals surface area contributed by atoms with Crippen LogP contribution in [0.4, 0.5) is 14.9 Å². The van der Waals surface area contributed by atoms with E-state index in [4.69, 9.17) is 14.2 Å². The molecular weight excluding hydrogens is 425 g/mol. The van der Waals surface area contributed by atoms with Crippen molar-refractivity contribution in [3.05, 3.63) is 47.8 Å². The van der Waals surface area contributed by atoms with E-state index in [1.165, 1.54) is 30.9 Å². The first-order valence-electron chi connectivity index (χ1n) is 11.2. The van der Waals surface area contributed by atoms with E-state index in [-0.39, 0.29) is 23.2 Å². The summed E-state index contributed by atoms with van der Waals surface area (Å²) in [5.41, 5.74) is 1.77. The molecule has 1 saturated heterocycles. The van der Waals surface area contributed by atoms with Crippen LogP contribution in [0.2, 0.25) is 0 Å². The Balaban J connectivity index is 1.46. The van der Waals surface area contributed by atoms with Gasteiger partial charge in [0.05, 0.1) is 21.3 Å². The van der Waals surface area contributed by atoms with Crippen molar-refractivity contribution in [3.8, 4) is 17.2 Å². The van der Waals surface area contributed by atoms with E-state index in [0.29, 0.717) is 11.7 Å². The number of benzene rings is 2. The molecule has 2 N–H and O–H groups in total. The van der Waals surface area contributed by atoms with E-state index in [9.17, 15) is 9.18 Å². The van der Waals surface area contributed by atoms with Gasteiger partial charge in [-0.15, -0.1) is 0 Å². The van der Waals surface area contributed by atoms with Crippen molar-refractivity contribution in [1.29, 1.82) is 0 Å². The predicted molar refractivity (Wildman–Crippen MR) is 125 cm³/mol. The lowest BCUT2D eigenvalue weighted by molar-refractivity contribution is 0.156. The van der Waals surface area contributed by atoms with Gasteiger partial charge in [-0.25, -0.2) is 9.18 Å². The van der Waals surface area contributed by atoms with Gasteiger partial charge < -0.3 is 29.7 Å². The third-order valence-corrected chi connectivity index (χ3v) is 7.23. The summed E-state index contributed by atoms with van der Waals surface area (Å²) in [6.07, 6.45) is 3.76. The van der Waals surface area contributed by atoms with Crippen molar-refractivity contribution in [1.82, 2.24) is 10.2 Å². The molecule has 0 aromatic heterocycles. The van der Waals surface area contributed by atoms with Gasteiger partial charge in [0.15, 0.2) is 23.1 Å². The summed E-state index contributed by atoms with van der Waals surface area (Å²) in [6.45, 7) is 1.01. The molecule has 8 heteroatoms. The second-order valence-electron chi connectivity index (χ2n) is 8.89. The molecular formula is C25H32FN3O4. The second kappa shape index (κ2) is 9.47. The summed E-state index contributed by atoms with van der Waals surface area (Å²) in [5.74, 6) is 1.10. The quantitative estimate of drug-likeness (QED) is 0.681. The van der Waals surface area contributed by atoms with Crippen molar-refractivity contribution in [2.75, 3.05) is 40.2 Å². The van der Waals surface area contributed by atoms with E-state index < -0.39 is 5.82 Å². The number of carbonyl (C=O) groups is 1. The summed E-state index contributed by atoms with van der Waals surface area (Å²) in [5, 5.41) is 5.90. The molecule has 0 bridgehead atoms. The highest BCUT2D eigenvalue weighted by atomic mass is 19.1. The average molecular weight is 458 g/mol. The van der Waals surface area contributed by atoms with Crippen molar-refractivity contribution in [2.45, 2.75) is 43.2 Å². The molecule has 3 atom stereocenters. The number of hydrogen-bond donors (Lipinski definition) is 2. The van der Waals surface area contributed by atoms with Crippen LogP contribution in [0.3, 0.4) is 0 Å². The topological polar surface area (TPSA) is 72.1 Å². The third kappa shape index (κ3) is 4.44. The molecule has 1 saturated carbocycles. The highest BCUT2D eigenvalue weighted by Crippen LogP contribution is 2.49. The standard InChI is InChI=1S/C25H32FN3O4/c1-29-12-11-25(16-5-8-20(31-2)22(13-16)33-4)10-9-18(15-23(25)29)28-24(30)27-17-6-7-19(26)21(14-17)32-3/h5-8,13-14,18,23H,9-12,15H2,1-4H3,(H2,27,28,30)/t18-,23+,25+/m1/s1. The zero-order chi connectivity index (χ0) is 23.6. The summed E-state index contributed by atoms with van der Waals surface area (Å²) < 4.78 is 29.6. The van der Waals surface area contributed by atoms with Gasteiger partial charge in [0.2, 0.25) is 0 Å². The number of fused-ring (bicyclic) bond motifs is 1. The van der Waals surface area contributed by atoms with E-state index in [2.05, 4.69) is 34.7 Å². The molecule has 0 unspecified atom stereocenters. The van der Waals surface area contributed by atoms with Gasteiger partial charge in [-0.1, -0.05) is 6.07 Å². The minimum Gasteiger partial charge on any atom is -0.494 e. The van der Waals surface area contributed by atoms with Crippen LogP contribution in [0.15, 0.2) is 36.4 Å². The number of methoxy groups -OCH3 is 3. The smallest absolute Gasteiger partial charge is 0.319 e. The number of likely N-dealkylation sites (tertiary alicyclic amines) is 1. The molecule has 4 rings (SSSR count). The summed E-state index contributed by atoms with van der Waals surface area (Å²) in [6, 6.07) is 10.6. The van der Waals surface area contributed by atoms with Gasteiger partial charge in [-0.2, -0.15) is 0 Å². The van der Waals surface area contributed by atoms with Crippen LogP contribution in [-0.4, -0.2) is 57.9 Å². The molecule has 1 aliphatic heterocycles. The molecule has 1 heterocycles. The molecule has 0 radical (unpaired) electrons. The maximum atomic E-state index is 13.6. The first kappa shape index (κ1) is 23.2. The number of anilines is 1.